The third-order valence-electron chi connectivity index (χ3n) is 0.457. The molecular formula is C3H3ClF2O2. The monoisotopic (exact) mass is 144 g/mol. The first-order valence-electron chi connectivity index (χ1n) is 1.70. The Morgan fingerprint density at radius 1 is 1.62 bits per heavy atom. The van der Waals surface area contributed by atoms with Gasteiger partial charge in [-0.3, -0.25) is 0 Å². The number of alkyl halides is 3. The normalized spacial score (nSPS) is 17.4. The van der Waals surface area contributed by atoms with Crippen molar-refractivity contribution in [2.45, 2.75) is 11.8 Å². The molecule has 0 aliphatic rings. The minimum atomic E-state index is -2.61. The Bertz CT molecular complexity index is 95.3. The van der Waals surface area contributed by atoms with Gasteiger partial charge in [-0.2, -0.15) is 0 Å². The van der Waals surface area contributed by atoms with Crippen LogP contribution in [0.25, 0.3) is 0 Å². The molecule has 8 heavy (non-hydrogen) atoms. The molecular weight excluding hydrogens is 141 g/mol. The number of hydrogen-bond donors (Lipinski definition) is 1. The van der Waals surface area contributed by atoms with E-state index in [1.807, 2.05) is 0 Å². The van der Waals surface area contributed by atoms with Crippen LogP contribution in [0.1, 0.15) is 0 Å². The fourth-order valence-electron chi connectivity index (χ4n) is 0.108. The van der Waals surface area contributed by atoms with Crippen LogP contribution in [0.3, 0.4) is 0 Å². The summed E-state index contributed by atoms with van der Waals surface area (Å²) in [6, 6.07) is 0. The molecule has 0 aliphatic carbocycles. The van der Waals surface area contributed by atoms with E-state index in [1.165, 1.54) is 0 Å². The lowest BCUT2D eigenvalue weighted by Gasteiger charge is -1.98. The SMILES string of the molecule is O=C(O)C(F)C(F)Cl. The summed E-state index contributed by atoms with van der Waals surface area (Å²) in [4.78, 5) is 9.44. The summed E-state index contributed by atoms with van der Waals surface area (Å²) in [5.41, 5.74) is -2.45. The second-order valence-corrected chi connectivity index (χ2v) is 1.49. The van der Waals surface area contributed by atoms with Gasteiger partial charge < -0.3 is 5.11 Å². The quantitative estimate of drug-likeness (QED) is 0.586. The molecule has 0 saturated heterocycles. The van der Waals surface area contributed by atoms with Crippen molar-refractivity contribution in [2.75, 3.05) is 0 Å². The van der Waals surface area contributed by atoms with Crippen LogP contribution in [0.4, 0.5) is 8.78 Å². The molecule has 1 N–H and O–H groups in total. The van der Waals surface area contributed by atoms with Gasteiger partial charge in [0.25, 0.3) is 0 Å². The van der Waals surface area contributed by atoms with Crippen molar-refractivity contribution in [3.63, 3.8) is 0 Å². The fraction of sp³-hybridized carbons (Fsp3) is 0.667. The predicted octanol–water partition coefficient (Wildman–Crippen LogP) is 0.944. The lowest BCUT2D eigenvalue weighted by Crippen LogP contribution is -2.21. The summed E-state index contributed by atoms with van der Waals surface area (Å²) in [6.07, 6.45) is -2.61. The molecule has 0 bridgehead atoms. The summed E-state index contributed by atoms with van der Waals surface area (Å²) < 4.78 is 22.9. The lowest BCUT2D eigenvalue weighted by molar-refractivity contribution is -0.143. The minimum absolute atomic E-state index is 1.88. The first kappa shape index (κ1) is 7.62. The Hall–Kier alpha value is -0.380. The van der Waals surface area contributed by atoms with E-state index in [2.05, 4.69) is 11.6 Å². The standard InChI is InChI=1S/C3H3ClF2O2/c4-2(6)1(5)3(7)8/h1-2H,(H,7,8). The summed E-state index contributed by atoms with van der Waals surface area (Å²) in [6.45, 7) is 0. The van der Waals surface area contributed by atoms with E-state index in [9.17, 15) is 13.6 Å². The molecule has 0 aromatic carbocycles. The molecule has 2 nitrogen and oxygen atoms in total. The zero-order chi connectivity index (χ0) is 6.73. The number of carboxylic acid groups (broad SMARTS) is 1. The topological polar surface area (TPSA) is 37.3 Å². The first-order valence-corrected chi connectivity index (χ1v) is 2.14. The van der Waals surface area contributed by atoms with E-state index in [1.54, 1.807) is 0 Å². The molecule has 0 amide bonds. The van der Waals surface area contributed by atoms with Crippen molar-refractivity contribution < 1.29 is 18.7 Å². The smallest absolute Gasteiger partial charge is 0.342 e. The van der Waals surface area contributed by atoms with Crippen molar-refractivity contribution >= 4 is 17.6 Å². The number of halogens is 3. The van der Waals surface area contributed by atoms with Crippen LogP contribution < -0.4 is 0 Å². The molecule has 0 aromatic rings. The van der Waals surface area contributed by atoms with Gasteiger partial charge in [0.1, 0.15) is 0 Å². The molecule has 2 atom stereocenters. The van der Waals surface area contributed by atoms with Crippen LogP contribution in [-0.4, -0.2) is 22.9 Å². The number of hydrogen-bond acceptors (Lipinski definition) is 1. The van der Waals surface area contributed by atoms with Gasteiger partial charge in [0, 0.05) is 0 Å². The van der Waals surface area contributed by atoms with Gasteiger partial charge in [-0.15, -0.1) is 0 Å². The molecule has 0 spiro atoms. The second-order valence-electron chi connectivity index (χ2n) is 1.07. The van der Waals surface area contributed by atoms with Gasteiger partial charge in [0.2, 0.25) is 11.8 Å². The molecule has 2 unspecified atom stereocenters. The lowest BCUT2D eigenvalue weighted by atomic mass is 10.4. The zero-order valence-corrected chi connectivity index (χ0v) is 4.40. The maximum Gasteiger partial charge on any atom is 0.342 e. The van der Waals surface area contributed by atoms with Crippen molar-refractivity contribution in [3.8, 4) is 0 Å². The highest BCUT2D eigenvalue weighted by atomic mass is 35.5. The largest absolute Gasteiger partial charge is 0.479 e. The highest BCUT2D eigenvalue weighted by Gasteiger charge is 2.24. The van der Waals surface area contributed by atoms with Crippen LogP contribution in [0, 0.1) is 0 Å². The van der Waals surface area contributed by atoms with Crippen LogP contribution in [0.5, 0.6) is 0 Å². The van der Waals surface area contributed by atoms with Crippen LogP contribution >= 0.6 is 11.6 Å². The summed E-state index contributed by atoms with van der Waals surface area (Å²) >= 11 is 4.40. The Balaban J connectivity index is 3.64. The van der Waals surface area contributed by atoms with E-state index in [0.717, 1.165) is 0 Å². The first-order chi connectivity index (χ1) is 3.55. The summed E-state index contributed by atoms with van der Waals surface area (Å²) in [7, 11) is 0. The van der Waals surface area contributed by atoms with Gasteiger partial charge in [-0.05, 0) is 0 Å². The van der Waals surface area contributed by atoms with Gasteiger partial charge in [0.05, 0.1) is 0 Å². The van der Waals surface area contributed by atoms with Gasteiger partial charge in [-0.1, -0.05) is 11.6 Å². The minimum Gasteiger partial charge on any atom is -0.479 e. The van der Waals surface area contributed by atoms with E-state index >= 15 is 0 Å². The highest BCUT2D eigenvalue weighted by Crippen LogP contribution is 2.07. The Kier molecular flexibility index (Phi) is 2.68. The third kappa shape index (κ3) is 2.07. The fourth-order valence-corrected chi connectivity index (χ4v) is 0.216. The molecule has 0 radical (unpaired) electrons. The number of carbonyl (C=O) groups is 1. The van der Waals surface area contributed by atoms with Gasteiger partial charge in [-0.25, -0.2) is 13.6 Å². The van der Waals surface area contributed by atoms with E-state index in [4.69, 9.17) is 5.11 Å². The average molecular weight is 145 g/mol. The average Bonchev–Trinajstić information content (AvgIpc) is 1.64. The maximum atomic E-state index is 11.5. The van der Waals surface area contributed by atoms with E-state index in [0.29, 0.717) is 0 Å². The molecule has 0 saturated carbocycles. The van der Waals surface area contributed by atoms with E-state index in [-0.39, 0.29) is 0 Å². The number of carboxylic acids is 1. The molecule has 0 aromatic heterocycles. The predicted molar refractivity (Wildman–Crippen MR) is 23.3 cm³/mol. The molecule has 0 heterocycles. The van der Waals surface area contributed by atoms with Gasteiger partial charge in [0.15, 0.2) is 0 Å². The Labute approximate surface area is 49.1 Å². The maximum absolute atomic E-state index is 11.5. The second kappa shape index (κ2) is 2.81. The van der Waals surface area contributed by atoms with Crippen molar-refractivity contribution in [3.05, 3.63) is 0 Å². The van der Waals surface area contributed by atoms with E-state index < -0.39 is 17.8 Å². The molecule has 5 heteroatoms. The molecule has 0 rings (SSSR count). The van der Waals surface area contributed by atoms with Crippen molar-refractivity contribution in [2.24, 2.45) is 0 Å². The zero-order valence-electron chi connectivity index (χ0n) is 3.64. The Morgan fingerprint density at radius 3 is 2.00 bits per heavy atom. The highest BCUT2D eigenvalue weighted by molar-refractivity contribution is 6.21. The molecule has 48 valence electrons. The summed E-state index contributed by atoms with van der Waals surface area (Å²) in [5, 5.41) is 7.65. The van der Waals surface area contributed by atoms with Crippen LogP contribution in [-0.2, 0) is 4.79 Å². The van der Waals surface area contributed by atoms with Crippen LogP contribution in [0.15, 0.2) is 0 Å². The van der Waals surface area contributed by atoms with Crippen molar-refractivity contribution in [1.82, 2.24) is 0 Å². The number of aliphatic carboxylic acids is 1. The Morgan fingerprint density at radius 2 is 2.00 bits per heavy atom. The number of rotatable bonds is 2. The third-order valence-corrected chi connectivity index (χ3v) is 0.678. The molecule has 0 aliphatic heterocycles. The molecule has 0 fully saturated rings. The van der Waals surface area contributed by atoms with Crippen molar-refractivity contribution in [1.29, 1.82) is 0 Å². The van der Waals surface area contributed by atoms with Gasteiger partial charge >= 0.3 is 5.97 Å². The van der Waals surface area contributed by atoms with Crippen LogP contribution in [0.2, 0.25) is 0 Å². The summed E-state index contributed by atoms with van der Waals surface area (Å²) in [5.74, 6) is -1.88.